The maximum Gasteiger partial charge on any atom is 0.257 e. The van der Waals surface area contributed by atoms with Crippen LogP contribution in [0.3, 0.4) is 0 Å². The van der Waals surface area contributed by atoms with Crippen molar-refractivity contribution in [1.82, 2.24) is 30.2 Å². The van der Waals surface area contributed by atoms with E-state index in [-0.39, 0.29) is 17.6 Å². The number of amides is 2. The predicted molar refractivity (Wildman–Crippen MR) is 251 cm³/mol. The first-order valence-corrected chi connectivity index (χ1v) is 21.3. The highest BCUT2D eigenvalue weighted by Crippen LogP contribution is 2.34. The standard InChI is InChI=1S/C24H26ClN5O2.C24H26FN5O2/c1-30(2)10-3-11-32-19-7-4-16(5-8-19)12-18-14-23(29-28-18)26-15-21-20-13-17(25)6-9-22(20)27-24(21)31;1-30(2)10-3-11-32-19-7-4-16(5-8-19)12-18-14-23(29-28-18)26-15-21-20-9-6-17(25)13-22(20)27-24(21)31/h2*4-9,13-15H,3,10-12H2,1-2H3,(H,27,31)(H2,26,28,29). The molecule has 2 amide bonds. The van der Waals surface area contributed by atoms with E-state index in [2.05, 4.69) is 77.7 Å². The van der Waals surface area contributed by atoms with Gasteiger partial charge in [0.15, 0.2) is 0 Å². The molecule has 14 nitrogen and oxygen atoms in total. The molecule has 4 heterocycles. The molecular formula is C48H52ClFN10O4. The molecule has 0 bridgehead atoms. The summed E-state index contributed by atoms with van der Waals surface area (Å²) in [5.74, 6) is 2.27. The van der Waals surface area contributed by atoms with Crippen molar-refractivity contribution in [2.45, 2.75) is 25.7 Å². The number of anilines is 4. The van der Waals surface area contributed by atoms with Crippen LogP contribution in [0.4, 0.5) is 27.4 Å². The molecule has 2 aliphatic heterocycles. The minimum atomic E-state index is -0.389. The Morgan fingerprint density at radius 1 is 0.625 bits per heavy atom. The Bertz CT molecular complexity index is 2600. The van der Waals surface area contributed by atoms with Gasteiger partial charge in [0.25, 0.3) is 11.8 Å². The second kappa shape index (κ2) is 21.4. The molecule has 0 atom stereocenters. The smallest absolute Gasteiger partial charge is 0.257 e. The van der Waals surface area contributed by atoms with E-state index in [0.717, 1.165) is 71.2 Å². The van der Waals surface area contributed by atoms with Crippen molar-refractivity contribution in [3.8, 4) is 11.5 Å². The minimum absolute atomic E-state index is 0.168. The van der Waals surface area contributed by atoms with Crippen molar-refractivity contribution in [2.75, 3.05) is 75.8 Å². The van der Waals surface area contributed by atoms with Gasteiger partial charge in [0.1, 0.15) is 29.0 Å². The van der Waals surface area contributed by atoms with E-state index in [9.17, 15) is 14.0 Å². The van der Waals surface area contributed by atoms with Gasteiger partial charge in [-0.05, 0) is 113 Å². The molecule has 6 N–H and O–H groups in total. The number of hydrogen-bond donors (Lipinski definition) is 6. The van der Waals surface area contributed by atoms with Gasteiger partial charge in [0, 0.05) is 72.3 Å². The topological polar surface area (TPSA) is 165 Å². The fourth-order valence-corrected chi connectivity index (χ4v) is 7.11. The van der Waals surface area contributed by atoms with Crippen LogP contribution in [0.25, 0.3) is 11.1 Å². The lowest BCUT2D eigenvalue weighted by Crippen LogP contribution is -2.15. The number of nitrogens with zero attached hydrogens (tertiary/aromatic N) is 4. The summed E-state index contributed by atoms with van der Waals surface area (Å²) in [5, 5.41) is 26.8. The zero-order valence-electron chi connectivity index (χ0n) is 36.2. The van der Waals surface area contributed by atoms with Gasteiger partial charge < -0.3 is 40.5 Å². The van der Waals surface area contributed by atoms with Gasteiger partial charge in [-0.15, -0.1) is 0 Å². The highest BCUT2D eigenvalue weighted by atomic mass is 35.5. The lowest BCUT2D eigenvalue weighted by molar-refractivity contribution is -0.111. The fourth-order valence-electron chi connectivity index (χ4n) is 6.94. The number of hydrogen-bond acceptors (Lipinski definition) is 10. The van der Waals surface area contributed by atoms with E-state index < -0.39 is 0 Å². The maximum atomic E-state index is 13.4. The second-order valence-corrected chi connectivity index (χ2v) is 16.3. The number of carbonyl (C=O) groups is 2. The number of carbonyl (C=O) groups excluding carboxylic acids is 2. The van der Waals surface area contributed by atoms with Crippen LogP contribution in [0, 0.1) is 5.82 Å². The molecule has 8 rings (SSSR count). The monoisotopic (exact) mass is 886 g/mol. The molecule has 0 unspecified atom stereocenters. The summed E-state index contributed by atoms with van der Waals surface area (Å²) in [6.45, 7) is 3.41. The second-order valence-electron chi connectivity index (χ2n) is 15.9. The van der Waals surface area contributed by atoms with Gasteiger partial charge in [-0.1, -0.05) is 35.9 Å². The Balaban J connectivity index is 0.000000191. The number of aromatic amines is 2. The fraction of sp³-hybridized carbons (Fsp3) is 0.250. The van der Waals surface area contributed by atoms with Crippen molar-refractivity contribution in [3.05, 3.63) is 154 Å². The van der Waals surface area contributed by atoms with E-state index >= 15 is 0 Å². The van der Waals surface area contributed by atoms with Gasteiger partial charge >= 0.3 is 0 Å². The molecule has 0 saturated heterocycles. The van der Waals surface area contributed by atoms with E-state index in [1.165, 1.54) is 12.1 Å². The van der Waals surface area contributed by atoms with Crippen LogP contribution in [0.5, 0.6) is 11.5 Å². The summed E-state index contributed by atoms with van der Waals surface area (Å²) in [6.07, 6.45) is 6.59. The molecule has 0 radical (unpaired) electrons. The SMILES string of the molecule is CN(C)CCCOc1ccc(Cc2cc(NC=C3C(=O)Nc4cc(F)ccc43)[nH]n2)cc1.CN(C)CCCOc1ccc(Cc2cc(NC=C3C(=O)Nc4ccc(Cl)cc43)[nH]n2)cc1. The summed E-state index contributed by atoms with van der Waals surface area (Å²) in [4.78, 5) is 28.7. The van der Waals surface area contributed by atoms with Gasteiger partial charge in [0.05, 0.1) is 41.4 Å². The summed E-state index contributed by atoms with van der Waals surface area (Å²) < 4.78 is 24.9. The molecule has 2 aromatic heterocycles. The molecule has 332 valence electrons. The summed E-state index contributed by atoms with van der Waals surface area (Å²) in [7, 11) is 8.22. The Labute approximate surface area is 376 Å². The third kappa shape index (κ3) is 12.6. The lowest BCUT2D eigenvalue weighted by atomic mass is 10.1. The van der Waals surface area contributed by atoms with E-state index in [0.29, 0.717) is 65.1 Å². The number of H-pyrrole nitrogens is 2. The van der Waals surface area contributed by atoms with Crippen LogP contribution in [-0.4, -0.2) is 96.5 Å². The quantitative estimate of drug-likeness (QED) is 0.0366. The highest BCUT2D eigenvalue weighted by molar-refractivity contribution is 6.34. The van der Waals surface area contributed by atoms with Crippen LogP contribution in [-0.2, 0) is 22.4 Å². The Kier molecular flexibility index (Phi) is 15.1. The number of rotatable bonds is 18. The number of nitrogens with one attached hydrogen (secondary N) is 6. The first-order chi connectivity index (χ1) is 30.9. The molecule has 0 fully saturated rings. The van der Waals surface area contributed by atoms with E-state index in [1.54, 1.807) is 36.7 Å². The highest BCUT2D eigenvalue weighted by Gasteiger charge is 2.25. The molecule has 0 aliphatic carbocycles. The third-order valence-electron chi connectivity index (χ3n) is 10.2. The molecule has 0 spiro atoms. The zero-order valence-corrected chi connectivity index (χ0v) is 37.0. The average Bonchev–Trinajstić information content (AvgIpc) is 4.06. The molecule has 16 heteroatoms. The maximum absolute atomic E-state index is 13.4. The Morgan fingerprint density at radius 3 is 1.64 bits per heavy atom. The van der Waals surface area contributed by atoms with Crippen molar-refractivity contribution in [1.29, 1.82) is 0 Å². The van der Waals surface area contributed by atoms with Gasteiger partial charge in [0.2, 0.25) is 0 Å². The molecule has 0 saturated carbocycles. The molecular weight excluding hydrogens is 835 g/mol. The number of halogens is 2. The Morgan fingerprint density at radius 2 is 1.12 bits per heavy atom. The third-order valence-corrected chi connectivity index (χ3v) is 10.4. The van der Waals surface area contributed by atoms with Crippen LogP contribution in [0.1, 0.15) is 46.5 Å². The molecule has 64 heavy (non-hydrogen) atoms. The number of aromatic nitrogens is 4. The van der Waals surface area contributed by atoms with Gasteiger partial charge in [-0.3, -0.25) is 19.8 Å². The van der Waals surface area contributed by atoms with Crippen molar-refractivity contribution in [2.24, 2.45) is 0 Å². The average molecular weight is 887 g/mol. The summed E-state index contributed by atoms with van der Waals surface area (Å²) in [5.41, 5.74) is 7.65. The van der Waals surface area contributed by atoms with Crippen LogP contribution in [0.15, 0.2) is 109 Å². The number of fused-ring (bicyclic) bond motifs is 2. The lowest BCUT2D eigenvalue weighted by Gasteiger charge is -2.10. The van der Waals surface area contributed by atoms with Crippen molar-refractivity contribution >= 4 is 57.6 Å². The number of ether oxygens (including phenoxy) is 2. The minimum Gasteiger partial charge on any atom is -0.494 e. The van der Waals surface area contributed by atoms with E-state index in [1.807, 2.05) is 62.6 Å². The zero-order chi connectivity index (χ0) is 45.0. The largest absolute Gasteiger partial charge is 0.494 e. The summed E-state index contributed by atoms with van der Waals surface area (Å²) >= 11 is 6.07. The Hall–Kier alpha value is -6.94. The molecule has 4 aromatic carbocycles. The predicted octanol–water partition coefficient (Wildman–Crippen LogP) is 8.26. The van der Waals surface area contributed by atoms with E-state index in [4.69, 9.17) is 21.1 Å². The van der Waals surface area contributed by atoms with Crippen LogP contribution < -0.4 is 30.7 Å². The van der Waals surface area contributed by atoms with Crippen LogP contribution >= 0.6 is 11.6 Å². The van der Waals surface area contributed by atoms with Crippen LogP contribution in [0.2, 0.25) is 5.02 Å². The van der Waals surface area contributed by atoms with Crippen molar-refractivity contribution in [3.63, 3.8) is 0 Å². The van der Waals surface area contributed by atoms with Crippen molar-refractivity contribution < 1.29 is 23.5 Å². The first-order valence-electron chi connectivity index (χ1n) is 20.9. The van der Waals surface area contributed by atoms with Gasteiger partial charge in [-0.2, -0.15) is 10.2 Å². The molecule has 6 aromatic rings. The summed E-state index contributed by atoms with van der Waals surface area (Å²) in [6, 6.07) is 29.5. The molecule has 2 aliphatic rings. The van der Waals surface area contributed by atoms with Gasteiger partial charge in [-0.25, -0.2) is 4.39 Å². The first kappa shape index (κ1) is 45.1. The number of benzene rings is 4. The normalized spacial score (nSPS) is 14.0.